The van der Waals surface area contributed by atoms with Crippen LogP contribution >= 0.6 is 0 Å². The molecule has 6 nitrogen and oxygen atoms in total. The summed E-state index contributed by atoms with van der Waals surface area (Å²) in [6.07, 6.45) is 8.37. The van der Waals surface area contributed by atoms with Crippen LogP contribution in [-0.2, 0) is 11.8 Å². The van der Waals surface area contributed by atoms with Gasteiger partial charge in [-0.25, -0.2) is 4.98 Å². The molecule has 0 amide bonds. The summed E-state index contributed by atoms with van der Waals surface area (Å²) in [5.74, 6) is 2.19. The molecule has 2 saturated carbocycles. The molecule has 200 valence electrons. The van der Waals surface area contributed by atoms with E-state index in [0.29, 0.717) is 23.7 Å². The lowest BCUT2D eigenvalue weighted by Gasteiger charge is -2.42. The van der Waals surface area contributed by atoms with Crippen molar-refractivity contribution in [2.24, 2.45) is 11.8 Å². The number of aromatic nitrogens is 3. The summed E-state index contributed by atoms with van der Waals surface area (Å²) in [7, 11) is 2.24. The van der Waals surface area contributed by atoms with Crippen molar-refractivity contribution >= 4 is 16.7 Å². The molecule has 6 heteroatoms. The van der Waals surface area contributed by atoms with Crippen molar-refractivity contribution in [1.29, 1.82) is 5.41 Å². The highest BCUT2D eigenvalue weighted by Crippen LogP contribution is 2.39. The Balaban J connectivity index is 1.09. The summed E-state index contributed by atoms with van der Waals surface area (Å²) in [6, 6.07) is 9.62. The molecule has 37 heavy (non-hydrogen) atoms. The molecule has 0 saturated heterocycles. The molecule has 0 bridgehead atoms. The maximum absolute atomic E-state index is 10.8. The molecule has 0 aliphatic heterocycles. The molecule has 1 aromatic carbocycles. The minimum Gasteiger partial charge on any atom is -0.393 e. The summed E-state index contributed by atoms with van der Waals surface area (Å²) in [4.78, 5) is 10.9. The molecule has 3 unspecified atom stereocenters. The lowest BCUT2D eigenvalue weighted by Crippen LogP contribution is -2.45. The van der Waals surface area contributed by atoms with Gasteiger partial charge in [0.15, 0.2) is 0 Å². The van der Waals surface area contributed by atoms with E-state index < -0.39 is 0 Å². The third-order valence-electron chi connectivity index (χ3n) is 9.15. The van der Waals surface area contributed by atoms with Crippen LogP contribution in [0.5, 0.6) is 0 Å². The number of nitrogens with zero attached hydrogens (tertiary/aromatic N) is 3. The summed E-state index contributed by atoms with van der Waals surface area (Å²) in [5.41, 5.74) is 6.50. The lowest BCUT2D eigenvalue weighted by molar-refractivity contribution is 0.0529. The number of rotatable bonds is 8. The number of imidazole rings is 1. The third-order valence-corrected chi connectivity index (χ3v) is 9.15. The fraction of sp³-hybridized carbons (Fsp3) is 0.613. The van der Waals surface area contributed by atoms with E-state index in [9.17, 15) is 5.11 Å². The van der Waals surface area contributed by atoms with Crippen LogP contribution in [0, 0.1) is 24.2 Å². The van der Waals surface area contributed by atoms with Gasteiger partial charge in [-0.3, -0.25) is 0 Å². The molecule has 2 heterocycles. The predicted molar refractivity (Wildman–Crippen MR) is 152 cm³/mol. The monoisotopic (exact) mass is 503 g/mol. The van der Waals surface area contributed by atoms with Gasteiger partial charge in [-0.2, -0.15) is 0 Å². The maximum atomic E-state index is 10.8. The van der Waals surface area contributed by atoms with Gasteiger partial charge < -0.3 is 25.0 Å². The Hall–Kier alpha value is -2.44. The number of nitrogens with one attached hydrogen (secondary N) is 2. The van der Waals surface area contributed by atoms with Crippen molar-refractivity contribution in [3.05, 3.63) is 53.1 Å². The van der Waals surface area contributed by atoms with Gasteiger partial charge >= 0.3 is 0 Å². The number of aryl methyl sites for hydroxylation is 1. The van der Waals surface area contributed by atoms with Gasteiger partial charge in [-0.15, -0.1) is 0 Å². The Morgan fingerprint density at radius 3 is 2.62 bits per heavy atom. The van der Waals surface area contributed by atoms with E-state index in [4.69, 9.17) is 10.4 Å². The van der Waals surface area contributed by atoms with Crippen LogP contribution in [0.15, 0.2) is 30.5 Å². The molecule has 2 aliphatic carbocycles. The fourth-order valence-corrected chi connectivity index (χ4v) is 6.62. The zero-order chi connectivity index (χ0) is 26.5. The molecule has 0 radical (unpaired) electrons. The lowest BCUT2D eigenvalue weighted by atomic mass is 9.76. The second kappa shape index (κ2) is 10.0. The zero-order valence-corrected chi connectivity index (χ0v) is 23.5. The van der Waals surface area contributed by atoms with E-state index in [0.717, 1.165) is 59.8 Å². The van der Waals surface area contributed by atoms with Crippen molar-refractivity contribution in [2.75, 3.05) is 13.6 Å². The highest BCUT2D eigenvalue weighted by atomic mass is 16.3. The number of hydrogen-bond acceptors (Lipinski definition) is 4. The number of H-pyrrole nitrogens is 1. The first-order valence-corrected chi connectivity index (χ1v) is 14.1. The number of aliphatic hydroxyl groups excluding tert-OH is 1. The Morgan fingerprint density at radius 1 is 1.19 bits per heavy atom. The number of hydrogen-bond donors (Lipinski definition) is 3. The van der Waals surface area contributed by atoms with Crippen molar-refractivity contribution in [1.82, 2.24) is 19.4 Å². The molecule has 0 spiro atoms. The molecule has 3 N–H and O–H groups in total. The smallest absolute Gasteiger partial charge is 0.107 e. The van der Waals surface area contributed by atoms with Crippen molar-refractivity contribution in [2.45, 2.75) is 96.7 Å². The molecule has 2 aliphatic rings. The van der Waals surface area contributed by atoms with Crippen LogP contribution in [0.4, 0.5) is 0 Å². The summed E-state index contributed by atoms with van der Waals surface area (Å²) >= 11 is 0. The molecule has 3 aromatic rings. The van der Waals surface area contributed by atoms with E-state index in [1.165, 1.54) is 24.8 Å². The molecular weight excluding hydrogens is 458 g/mol. The number of benzene rings is 1. The predicted octanol–water partition coefficient (Wildman–Crippen LogP) is 6.01. The van der Waals surface area contributed by atoms with Gasteiger partial charge in [0.1, 0.15) is 5.82 Å². The van der Waals surface area contributed by atoms with Crippen molar-refractivity contribution in [3.8, 4) is 0 Å². The number of aliphatic hydroxyl groups is 1. The van der Waals surface area contributed by atoms with E-state index in [-0.39, 0.29) is 11.5 Å². The van der Waals surface area contributed by atoms with E-state index in [1.54, 1.807) is 0 Å². The van der Waals surface area contributed by atoms with E-state index in [2.05, 4.69) is 73.6 Å². The number of aromatic amines is 1. The first-order chi connectivity index (χ1) is 17.5. The van der Waals surface area contributed by atoms with Crippen LogP contribution in [0.1, 0.15) is 88.5 Å². The van der Waals surface area contributed by atoms with Gasteiger partial charge in [-0.05, 0) is 94.0 Å². The Labute approximate surface area is 222 Å². The minimum atomic E-state index is -0.249. The number of fused-ring (bicyclic) bond motifs is 1. The van der Waals surface area contributed by atoms with Crippen LogP contribution in [0.3, 0.4) is 0 Å². The van der Waals surface area contributed by atoms with Crippen LogP contribution < -0.4 is 0 Å². The quantitative estimate of drug-likeness (QED) is 0.329. The summed E-state index contributed by atoms with van der Waals surface area (Å²) < 4.78 is 2.29. The van der Waals surface area contributed by atoms with Gasteiger partial charge in [0.25, 0.3) is 0 Å². The molecular formula is C31H45N5O. The highest BCUT2D eigenvalue weighted by Gasteiger charge is 2.38. The van der Waals surface area contributed by atoms with Crippen LogP contribution in [-0.4, -0.2) is 56.0 Å². The Bertz CT molecular complexity index is 1260. The highest BCUT2D eigenvalue weighted by molar-refractivity contribution is 5.97. The first-order valence-electron chi connectivity index (χ1n) is 14.1. The Morgan fingerprint density at radius 2 is 1.95 bits per heavy atom. The average molecular weight is 504 g/mol. The normalized spacial score (nSPS) is 26.2. The zero-order valence-electron chi connectivity index (χ0n) is 23.5. The van der Waals surface area contributed by atoms with Crippen LogP contribution in [0.2, 0.25) is 0 Å². The van der Waals surface area contributed by atoms with E-state index in [1.807, 2.05) is 13.0 Å². The largest absolute Gasteiger partial charge is 0.393 e. The van der Waals surface area contributed by atoms with Crippen molar-refractivity contribution < 1.29 is 5.11 Å². The van der Waals surface area contributed by atoms with Gasteiger partial charge in [0.05, 0.1) is 17.1 Å². The standard InChI is InChI=1S/C31H45N5O/c1-19(32)26-11-12-36(20(26)2)25-15-22(29(37)17-25)18-35(6)24-13-21(14-24)7-10-30-33-27-9-8-23(31(3,4)5)16-28(27)34-30/h8-9,11-12,16,21-22,24-25,29,32,37H,7,10,13-15,17-18H2,1-6H3,(H,33,34). The topological polar surface area (TPSA) is 80.9 Å². The van der Waals surface area contributed by atoms with Gasteiger partial charge in [0.2, 0.25) is 0 Å². The van der Waals surface area contributed by atoms with Gasteiger partial charge in [-0.1, -0.05) is 26.8 Å². The maximum Gasteiger partial charge on any atom is 0.107 e. The van der Waals surface area contributed by atoms with Crippen molar-refractivity contribution in [3.63, 3.8) is 0 Å². The molecule has 2 aromatic heterocycles. The van der Waals surface area contributed by atoms with Crippen LogP contribution in [0.25, 0.3) is 11.0 Å². The van der Waals surface area contributed by atoms with E-state index >= 15 is 0 Å². The third kappa shape index (κ3) is 5.42. The second-order valence-electron chi connectivity index (χ2n) is 12.9. The summed E-state index contributed by atoms with van der Waals surface area (Å²) in [6.45, 7) is 11.7. The second-order valence-corrected chi connectivity index (χ2v) is 12.9. The summed E-state index contributed by atoms with van der Waals surface area (Å²) in [5, 5.41) is 18.8. The fourth-order valence-electron chi connectivity index (χ4n) is 6.62. The first kappa shape index (κ1) is 26.2. The molecule has 5 rings (SSSR count). The average Bonchev–Trinajstić information content (AvgIpc) is 3.47. The SMILES string of the molecule is CC(=N)c1ccn(C2CC(O)C(CN(C)C3CC(CCc4nc5ccc(C(C)(C)C)cc5[nH]4)C3)C2)c1C. The van der Waals surface area contributed by atoms with Gasteiger partial charge in [0, 0.05) is 48.2 Å². The molecule has 2 fully saturated rings. The minimum absolute atomic E-state index is 0.146. The molecule has 3 atom stereocenters. The Kier molecular flexibility index (Phi) is 7.10.